The minimum Gasteiger partial charge on any atom is -0.456 e. The van der Waals surface area contributed by atoms with Gasteiger partial charge in [0.2, 0.25) is 0 Å². The van der Waals surface area contributed by atoms with Crippen LogP contribution in [0.15, 0.2) is 0 Å². The van der Waals surface area contributed by atoms with E-state index in [4.69, 9.17) is 19.0 Å². The minimum atomic E-state index is -1.28. The molecule has 2 heterocycles. The number of nitrogens with zero attached hydrogens (tertiary/aromatic N) is 1. The fourth-order valence-electron chi connectivity index (χ4n) is 3.04. The smallest absolute Gasteiger partial charge is 0.434 e. The van der Waals surface area contributed by atoms with Crippen LogP contribution >= 0.6 is 0 Å². The first-order valence-electron chi connectivity index (χ1n) is 8.21. The van der Waals surface area contributed by atoms with E-state index in [1.165, 1.54) is 13.8 Å². The van der Waals surface area contributed by atoms with Gasteiger partial charge in [-0.15, -0.1) is 0 Å². The van der Waals surface area contributed by atoms with Crippen molar-refractivity contribution in [3.05, 3.63) is 0 Å². The summed E-state index contributed by atoms with van der Waals surface area (Å²) in [5.41, 5.74) is -0.748. The minimum absolute atomic E-state index is 0.389. The summed E-state index contributed by atoms with van der Waals surface area (Å²) in [6.07, 6.45) is -4.12. The van der Waals surface area contributed by atoms with Crippen molar-refractivity contribution in [2.24, 2.45) is 0 Å². The number of amides is 1. The van der Waals surface area contributed by atoms with Gasteiger partial charge in [0.15, 0.2) is 12.2 Å². The normalized spacial score (nSPS) is 31.9. The highest BCUT2D eigenvalue weighted by Gasteiger charge is 2.54. The molecule has 3 aliphatic rings. The van der Waals surface area contributed by atoms with Crippen molar-refractivity contribution in [2.45, 2.75) is 83.5 Å². The molecule has 3 rings (SSSR count). The van der Waals surface area contributed by atoms with Crippen molar-refractivity contribution in [3.8, 4) is 0 Å². The van der Waals surface area contributed by atoms with E-state index < -0.39 is 54.1 Å². The molecule has 0 spiro atoms. The van der Waals surface area contributed by atoms with Crippen LogP contribution in [0, 0.1) is 0 Å². The first-order chi connectivity index (χ1) is 11.5. The summed E-state index contributed by atoms with van der Waals surface area (Å²) < 4.78 is 15.7. The summed E-state index contributed by atoms with van der Waals surface area (Å²) in [5.74, 6) is -1.24. The van der Waals surface area contributed by atoms with Crippen LogP contribution in [0.5, 0.6) is 0 Å². The zero-order valence-corrected chi connectivity index (χ0v) is 15.1. The fraction of sp³-hybridized carbons (Fsp3) is 0.812. The van der Waals surface area contributed by atoms with Crippen LogP contribution < -0.4 is 0 Å². The predicted octanol–water partition coefficient (Wildman–Crippen LogP) is 0.924. The Morgan fingerprint density at radius 3 is 2.12 bits per heavy atom. The van der Waals surface area contributed by atoms with Crippen LogP contribution in [0.4, 0.5) is 4.79 Å². The first kappa shape index (κ1) is 19.5. The number of fused-ring (bicyclic) bond motifs is 4. The van der Waals surface area contributed by atoms with E-state index in [1.807, 2.05) is 0 Å². The number of aliphatic hydroxyl groups excluding tert-OH is 1. The third kappa shape index (κ3) is 4.60. The Labute approximate surface area is 146 Å². The highest BCUT2D eigenvalue weighted by molar-refractivity contribution is 5.69. The summed E-state index contributed by atoms with van der Waals surface area (Å²) in [4.78, 5) is 40.9. The van der Waals surface area contributed by atoms with Gasteiger partial charge in [-0.1, -0.05) is 0 Å². The van der Waals surface area contributed by atoms with E-state index in [1.54, 1.807) is 20.8 Å². The third-order valence-electron chi connectivity index (χ3n) is 3.90. The molecule has 5 atom stereocenters. The Morgan fingerprint density at radius 1 is 1.04 bits per heavy atom. The lowest BCUT2D eigenvalue weighted by Crippen LogP contribution is -2.52. The average molecular weight is 359 g/mol. The van der Waals surface area contributed by atoms with E-state index in [2.05, 4.69) is 0 Å². The molecule has 1 saturated carbocycles. The molecular weight excluding hydrogens is 334 g/mol. The number of rotatable bonds is 2. The van der Waals surface area contributed by atoms with E-state index in [-0.39, 0.29) is 0 Å². The van der Waals surface area contributed by atoms with Gasteiger partial charge in [-0.05, 0) is 33.6 Å². The molecule has 3 fully saturated rings. The quantitative estimate of drug-likeness (QED) is 0.572. The van der Waals surface area contributed by atoms with Crippen molar-refractivity contribution < 1.29 is 38.5 Å². The van der Waals surface area contributed by atoms with E-state index in [9.17, 15) is 19.5 Å². The molecule has 0 unspecified atom stereocenters. The molecule has 2 bridgehead atoms. The predicted molar refractivity (Wildman–Crippen MR) is 83.1 cm³/mol. The van der Waals surface area contributed by atoms with Gasteiger partial charge < -0.3 is 19.3 Å². The maximum absolute atomic E-state index is 12.4. The summed E-state index contributed by atoms with van der Waals surface area (Å²) in [7, 11) is 0. The largest absolute Gasteiger partial charge is 0.456 e. The lowest BCUT2D eigenvalue weighted by Gasteiger charge is -2.37. The number of carbonyl (C=O) groups excluding carboxylic acids is 3. The lowest BCUT2D eigenvalue weighted by atomic mass is 10.0. The molecular formula is C16H25NO8. The summed E-state index contributed by atoms with van der Waals surface area (Å²) >= 11 is 0. The SMILES string of the molecule is CC(=O)O[C@H]1[C@H](O)[C@H]2CC[C@H](ON2C(=O)OC(C)(C)C)[C@H]1OC(C)=O. The van der Waals surface area contributed by atoms with E-state index in [0.717, 1.165) is 5.06 Å². The first-order valence-corrected chi connectivity index (χ1v) is 8.21. The second kappa shape index (κ2) is 7.17. The van der Waals surface area contributed by atoms with Gasteiger partial charge in [0.1, 0.15) is 17.8 Å². The monoisotopic (exact) mass is 359 g/mol. The fourth-order valence-corrected chi connectivity index (χ4v) is 3.04. The molecule has 2 aliphatic heterocycles. The standard InChI is InChI=1S/C16H25NO8/c1-8(18)22-13-11-7-6-10(12(20)14(13)23-9(2)19)17(25-11)15(21)24-16(3,4)5/h10-14,20H,6-7H2,1-5H3/t10-,11+,12-,13-,14+/m1/s1. The molecule has 1 aliphatic carbocycles. The Kier molecular flexibility index (Phi) is 5.58. The van der Waals surface area contributed by atoms with Gasteiger partial charge in [-0.25, -0.2) is 4.79 Å². The van der Waals surface area contributed by atoms with Gasteiger partial charge in [0.25, 0.3) is 0 Å². The number of hydrogen-bond acceptors (Lipinski definition) is 8. The molecule has 9 nitrogen and oxygen atoms in total. The highest BCUT2D eigenvalue weighted by Crippen LogP contribution is 2.36. The third-order valence-corrected chi connectivity index (χ3v) is 3.90. The van der Waals surface area contributed by atoms with Gasteiger partial charge >= 0.3 is 18.0 Å². The number of carbonyl (C=O) groups is 3. The number of hydrogen-bond donors (Lipinski definition) is 1. The molecule has 0 aromatic heterocycles. The lowest BCUT2D eigenvalue weighted by molar-refractivity contribution is -0.244. The van der Waals surface area contributed by atoms with Crippen molar-refractivity contribution in [3.63, 3.8) is 0 Å². The maximum atomic E-state index is 12.4. The Hall–Kier alpha value is -1.87. The molecule has 0 aromatic carbocycles. The molecule has 9 heteroatoms. The number of ether oxygens (including phenoxy) is 3. The molecule has 0 radical (unpaired) electrons. The summed E-state index contributed by atoms with van der Waals surface area (Å²) in [6.45, 7) is 7.53. The number of hydroxylamine groups is 2. The van der Waals surface area contributed by atoms with Crippen LogP contribution in [0.2, 0.25) is 0 Å². The molecule has 1 amide bonds. The molecule has 0 aromatic rings. The van der Waals surface area contributed by atoms with Gasteiger partial charge in [-0.3, -0.25) is 14.4 Å². The van der Waals surface area contributed by atoms with Crippen molar-refractivity contribution in [1.82, 2.24) is 5.06 Å². The van der Waals surface area contributed by atoms with Crippen LogP contribution in [0.3, 0.4) is 0 Å². The maximum Gasteiger partial charge on any atom is 0.434 e. The van der Waals surface area contributed by atoms with Crippen molar-refractivity contribution in [1.29, 1.82) is 0 Å². The number of esters is 2. The zero-order chi connectivity index (χ0) is 18.9. The van der Waals surface area contributed by atoms with E-state index in [0.29, 0.717) is 12.8 Å². The topological polar surface area (TPSA) is 112 Å². The molecule has 1 N–H and O–H groups in total. The Balaban J connectivity index is 2.30. The highest BCUT2D eigenvalue weighted by atomic mass is 16.8. The Morgan fingerprint density at radius 2 is 1.60 bits per heavy atom. The van der Waals surface area contributed by atoms with E-state index >= 15 is 0 Å². The van der Waals surface area contributed by atoms with Crippen LogP contribution in [0.1, 0.15) is 47.5 Å². The second-order valence-corrected chi connectivity index (χ2v) is 7.23. The average Bonchev–Trinajstić information content (AvgIpc) is 2.63. The van der Waals surface area contributed by atoms with Gasteiger partial charge in [0, 0.05) is 13.8 Å². The molecule has 142 valence electrons. The van der Waals surface area contributed by atoms with Crippen LogP contribution in [0.25, 0.3) is 0 Å². The van der Waals surface area contributed by atoms with Crippen LogP contribution in [-0.2, 0) is 28.6 Å². The summed E-state index contributed by atoms with van der Waals surface area (Å²) in [5, 5.41) is 11.6. The summed E-state index contributed by atoms with van der Waals surface area (Å²) in [6, 6.07) is -0.781. The Bertz CT molecular complexity index is 527. The van der Waals surface area contributed by atoms with Crippen molar-refractivity contribution in [2.75, 3.05) is 0 Å². The number of aliphatic hydroxyl groups is 1. The zero-order valence-electron chi connectivity index (χ0n) is 15.1. The van der Waals surface area contributed by atoms with Gasteiger partial charge in [-0.2, -0.15) is 5.06 Å². The molecule has 2 saturated heterocycles. The van der Waals surface area contributed by atoms with Gasteiger partial charge in [0.05, 0.1) is 6.04 Å². The van der Waals surface area contributed by atoms with Crippen LogP contribution in [-0.4, -0.2) is 64.3 Å². The molecule has 25 heavy (non-hydrogen) atoms. The second-order valence-electron chi connectivity index (χ2n) is 7.23. The van der Waals surface area contributed by atoms with Crippen molar-refractivity contribution >= 4 is 18.0 Å².